The van der Waals surface area contributed by atoms with E-state index in [4.69, 9.17) is 28.4 Å². The molecule has 0 heterocycles. The highest BCUT2D eigenvalue weighted by atomic mass is 16.6. The summed E-state index contributed by atoms with van der Waals surface area (Å²) in [7, 11) is 0. The van der Waals surface area contributed by atoms with Crippen LogP contribution in [0.4, 0.5) is 0 Å². The number of hydrogen-bond acceptors (Lipinski definition) is 8. The Labute approximate surface area is 181 Å². The molecular formula is C22H42O8. The molecule has 0 spiro atoms. The minimum Gasteiger partial charge on any atom is -0.463 e. The van der Waals surface area contributed by atoms with Gasteiger partial charge in [0.2, 0.25) is 0 Å². The third-order valence-corrected chi connectivity index (χ3v) is 4.44. The molecule has 0 radical (unpaired) electrons. The molecule has 0 aromatic heterocycles. The first-order chi connectivity index (χ1) is 14.6. The lowest BCUT2D eigenvalue weighted by Gasteiger charge is -2.20. The summed E-state index contributed by atoms with van der Waals surface area (Å²) in [5.41, 5.74) is 0. The van der Waals surface area contributed by atoms with Gasteiger partial charge >= 0.3 is 11.9 Å². The first kappa shape index (κ1) is 28.8. The van der Waals surface area contributed by atoms with Crippen molar-refractivity contribution < 1.29 is 38.0 Å². The van der Waals surface area contributed by atoms with Crippen LogP contribution in [0.15, 0.2) is 0 Å². The van der Waals surface area contributed by atoms with E-state index in [0.29, 0.717) is 46.1 Å². The Morgan fingerprint density at radius 2 is 1.07 bits per heavy atom. The second kappa shape index (κ2) is 21.0. The molecule has 30 heavy (non-hydrogen) atoms. The van der Waals surface area contributed by atoms with Crippen LogP contribution >= 0.6 is 0 Å². The lowest BCUT2D eigenvalue weighted by Crippen LogP contribution is -2.27. The second-order valence-corrected chi connectivity index (χ2v) is 7.00. The normalized spacial score (nSPS) is 13.1. The van der Waals surface area contributed by atoms with E-state index in [1.165, 1.54) is 0 Å². The van der Waals surface area contributed by atoms with Crippen LogP contribution in [-0.2, 0) is 38.0 Å². The van der Waals surface area contributed by atoms with Crippen molar-refractivity contribution in [3.8, 4) is 0 Å². The van der Waals surface area contributed by atoms with Crippen molar-refractivity contribution in [2.45, 2.75) is 53.4 Å². The molecule has 0 saturated carbocycles. The van der Waals surface area contributed by atoms with Crippen molar-refractivity contribution in [3.63, 3.8) is 0 Å². The SMILES string of the molecule is CCCOCCOCCOC(=O)CC(CC)C(C)C(=O)OCCOCCOCCC. The first-order valence-corrected chi connectivity index (χ1v) is 11.2. The number of carbonyl (C=O) groups is 2. The van der Waals surface area contributed by atoms with Crippen LogP contribution in [0.1, 0.15) is 53.4 Å². The molecule has 8 nitrogen and oxygen atoms in total. The van der Waals surface area contributed by atoms with Gasteiger partial charge in [0.25, 0.3) is 0 Å². The van der Waals surface area contributed by atoms with Crippen molar-refractivity contribution >= 4 is 11.9 Å². The fraction of sp³-hybridized carbons (Fsp3) is 0.909. The van der Waals surface area contributed by atoms with E-state index in [1.807, 2.05) is 20.8 Å². The molecule has 0 fully saturated rings. The molecule has 2 unspecified atom stereocenters. The third-order valence-electron chi connectivity index (χ3n) is 4.44. The molecule has 0 bridgehead atoms. The van der Waals surface area contributed by atoms with E-state index < -0.39 is 0 Å². The number of carbonyl (C=O) groups excluding carboxylic acids is 2. The van der Waals surface area contributed by atoms with Crippen molar-refractivity contribution in [3.05, 3.63) is 0 Å². The van der Waals surface area contributed by atoms with Crippen LogP contribution in [0.2, 0.25) is 0 Å². The maximum Gasteiger partial charge on any atom is 0.309 e. The Bertz CT molecular complexity index is 416. The minimum atomic E-state index is -0.387. The van der Waals surface area contributed by atoms with Crippen LogP contribution < -0.4 is 0 Å². The molecule has 0 aromatic carbocycles. The van der Waals surface area contributed by atoms with Gasteiger partial charge in [-0.3, -0.25) is 9.59 Å². The number of rotatable bonds is 21. The molecule has 0 aliphatic rings. The van der Waals surface area contributed by atoms with Gasteiger partial charge in [-0.05, 0) is 18.8 Å². The standard InChI is InChI=1S/C22H42O8/c1-5-8-25-10-12-27-14-16-29-21(23)18-20(7-3)19(4)22(24)30-17-15-28-13-11-26-9-6-2/h19-20H,5-18H2,1-4H3. The van der Waals surface area contributed by atoms with Gasteiger partial charge in [-0.2, -0.15) is 0 Å². The molecule has 0 aliphatic heterocycles. The average Bonchev–Trinajstić information content (AvgIpc) is 2.75. The van der Waals surface area contributed by atoms with Crippen LogP contribution in [0, 0.1) is 11.8 Å². The zero-order valence-electron chi connectivity index (χ0n) is 19.3. The fourth-order valence-corrected chi connectivity index (χ4v) is 2.62. The highest BCUT2D eigenvalue weighted by molar-refractivity contribution is 5.75. The first-order valence-electron chi connectivity index (χ1n) is 11.2. The summed E-state index contributed by atoms with van der Waals surface area (Å²) in [5, 5.41) is 0. The van der Waals surface area contributed by atoms with Gasteiger partial charge in [-0.25, -0.2) is 0 Å². The van der Waals surface area contributed by atoms with Gasteiger partial charge in [0.1, 0.15) is 13.2 Å². The molecule has 0 saturated heterocycles. The van der Waals surface area contributed by atoms with E-state index in [0.717, 1.165) is 26.1 Å². The predicted molar refractivity (Wildman–Crippen MR) is 113 cm³/mol. The quantitative estimate of drug-likeness (QED) is 0.201. The smallest absolute Gasteiger partial charge is 0.309 e. The number of esters is 2. The average molecular weight is 435 g/mol. The van der Waals surface area contributed by atoms with E-state index in [-0.39, 0.29) is 43.4 Å². The lowest BCUT2D eigenvalue weighted by atomic mass is 9.89. The third kappa shape index (κ3) is 16.6. The summed E-state index contributed by atoms with van der Waals surface area (Å²) in [6, 6.07) is 0. The van der Waals surface area contributed by atoms with Crippen LogP contribution in [0.5, 0.6) is 0 Å². The van der Waals surface area contributed by atoms with Gasteiger partial charge in [-0.15, -0.1) is 0 Å². The zero-order chi connectivity index (χ0) is 22.5. The monoisotopic (exact) mass is 434 g/mol. The maximum atomic E-state index is 12.2. The molecule has 8 heteroatoms. The molecule has 0 N–H and O–H groups in total. The topological polar surface area (TPSA) is 89.5 Å². The highest BCUT2D eigenvalue weighted by Crippen LogP contribution is 2.21. The number of hydrogen-bond donors (Lipinski definition) is 0. The maximum absolute atomic E-state index is 12.2. The molecular weight excluding hydrogens is 392 g/mol. The largest absolute Gasteiger partial charge is 0.463 e. The van der Waals surface area contributed by atoms with E-state index in [2.05, 4.69) is 0 Å². The molecule has 0 rings (SSSR count). The van der Waals surface area contributed by atoms with Crippen LogP contribution in [0.3, 0.4) is 0 Å². The van der Waals surface area contributed by atoms with Crippen molar-refractivity contribution in [1.29, 1.82) is 0 Å². The van der Waals surface area contributed by atoms with Crippen molar-refractivity contribution in [2.75, 3.05) is 66.1 Å². The summed E-state index contributed by atoms with van der Waals surface area (Å²) in [6.45, 7) is 12.3. The Hall–Kier alpha value is -1.22. The molecule has 2 atom stereocenters. The second-order valence-electron chi connectivity index (χ2n) is 7.00. The number of ether oxygens (including phenoxy) is 6. The summed E-state index contributed by atoms with van der Waals surface area (Å²) in [6.07, 6.45) is 2.81. The Morgan fingerprint density at radius 1 is 0.633 bits per heavy atom. The van der Waals surface area contributed by atoms with E-state index in [1.54, 1.807) is 6.92 Å². The van der Waals surface area contributed by atoms with Crippen LogP contribution in [-0.4, -0.2) is 78.0 Å². The highest BCUT2D eigenvalue weighted by Gasteiger charge is 2.26. The fourth-order valence-electron chi connectivity index (χ4n) is 2.62. The van der Waals surface area contributed by atoms with Crippen molar-refractivity contribution in [2.24, 2.45) is 11.8 Å². The molecule has 0 aromatic rings. The molecule has 178 valence electrons. The van der Waals surface area contributed by atoms with Gasteiger partial charge in [-0.1, -0.05) is 34.1 Å². The van der Waals surface area contributed by atoms with E-state index in [9.17, 15) is 9.59 Å². The van der Waals surface area contributed by atoms with Gasteiger partial charge in [0.15, 0.2) is 0 Å². The Balaban J connectivity index is 3.86. The lowest BCUT2D eigenvalue weighted by molar-refractivity contribution is -0.153. The van der Waals surface area contributed by atoms with Crippen LogP contribution in [0.25, 0.3) is 0 Å². The molecule has 0 amide bonds. The van der Waals surface area contributed by atoms with Crippen molar-refractivity contribution in [1.82, 2.24) is 0 Å². The predicted octanol–water partition coefficient (Wildman–Crippen LogP) is 3.01. The van der Waals surface area contributed by atoms with E-state index >= 15 is 0 Å². The summed E-state index contributed by atoms with van der Waals surface area (Å²) >= 11 is 0. The zero-order valence-corrected chi connectivity index (χ0v) is 19.3. The van der Waals surface area contributed by atoms with Gasteiger partial charge < -0.3 is 28.4 Å². The summed E-state index contributed by atoms with van der Waals surface area (Å²) in [4.78, 5) is 24.3. The Morgan fingerprint density at radius 3 is 1.53 bits per heavy atom. The Kier molecular flexibility index (Phi) is 20.2. The van der Waals surface area contributed by atoms with Gasteiger partial charge in [0, 0.05) is 19.6 Å². The molecule has 0 aliphatic carbocycles. The minimum absolute atomic E-state index is 0.128. The summed E-state index contributed by atoms with van der Waals surface area (Å²) < 4.78 is 31.8. The summed E-state index contributed by atoms with van der Waals surface area (Å²) in [5.74, 6) is -1.17. The van der Waals surface area contributed by atoms with Gasteiger partial charge in [0.05, 0.1) is 45.6 Å².